The first kappa shape index (κ1) is 17.4. The van der Waals surface area contributed by atoms with Crippen LogP contribution in [0.25, 0.3) is 0 Å². The number of aliphatic hydroxyl groups excluding tert-OH is 1. The van der Waals surface area contributed by atoms with E-state index in [1.54, 1.807) is 0 Å². The Morgan fingerprint density at radius 3 is 2.39 bits per heavy atom. The van der Waals surface area contributed by atoms with Gasteiger partial charge in [0.1, 0.15) is 0 Å². The second kappa shape index (κ2) is 11.5. The lowest BCUT2D eigenvalue weighted by Crippen LogP contribution is -2.27. The number of carbonyl (C=O) groups excluding carboxylic acids is 1. The Morgan fingerprint density at radius 1 is 1.11 bits per heavy atom. The number of hydrogen-bond acceptors (Lipinski definition) is 2. The Bertz CT molecular complexity index is 205. The predicted molar refractivity (Wildman–Crippen MR) is 76.5 cm³/mol. The van der Waals surface area contributed by atoms with Crippen LogP contribution in [0.3, 0.4) is 0 Å². The summed E-state index contributed by atoms with van der Waals surface area (Å²) in [7, 11) is 1.89. The van der Waals surface area contributed by atoms with Gasteiger partial charge in [0.2, 0.25) is 5.91 Å². The Hall–Kier alpha value is -0.570. The molecule has 0 fully saturated rings. The van der Waals surface area contributed by atoms with Gasteiger partial charge in [-0.05, 0) is 32.6 Å². The Labute approximate surface area is 113 Å². The van der Waals surface area contributed by atoms with Crippen molar-refractivity contribution in [1.29, 1.82) is 0 Å². The molecule has 1 unspecified atom stereocenters. The quantitative estimate of drug-likeness (QED) is 0.577. The third-order valence-electron chi connectivity index (χ3n) is 3.29. The summed E-state index contributed by atoms with van der Waals surface area (Å²) < 4.78 is 0. The van der Waals surface area contributed by atoms with Crippen molar-refractivity contribution in [3.63, 3.8) is 0 Å². The van der Waals surface area contributed by atoms with Gasteiger partial charge in [0, 0.05) is 20.0 Å². The molecule has 0 heterocycles. The highest BCUT2D eigenvalue weighted by molar-refractivity contribution is 5.75. The topological polar surface area (TPSA) is 40.5 Å². The van der Waals surface area contributed by atoms with Crippen molar-refractivity contribution in [3.05, 3.63) is 0 Å². The van der Waals surface area contributed by atoms with E-state index in [9.17, 15) is 4.79 Å². The molecule has 0 aliphatic rings. The van der Waals surface area contributed by atoms with Crippen molar-refractivity contribution in [3.8, 4) is 0 Å². The van der Waals surface area contributed by atoms with E-state index >= 15 is 0 Å². The minimum absolute atomic E-state index is 0.218. The maximum Gasteiger partial charge on any atom is 0.222 e. The molecule has 18 heavy (non-hydrogen) atoms. The molecule has 0 aliphatic heterocycles. The van der Waals surface area contributed by atoms with Gasteiger partial charge in [-0.1, -0.05) is 32.6 Å². The van der Waals surface area contributed by atoms with Crippen molar-refractivity contribution in [2.45, 2.75) is 77.7 Å². The van der Waals surface area contributed by atoms with Gasteiger partial charge in [-0.3, -0.25) is 4.79 Å². The molecule has 0 radical (unpaired) electrons. The van der Waals surface area contributed by atoms with Crippen LogP contribution < -0.4 is 0 Å². The molecule has 1 amide bonds. The predicted octanol–water partition coefficient (Wildman–Crippen LogP) is 3.36. The molecule has 0 spiro atoms. The first-order valence-corrected chi connectivity index (χ1v) is 7.50. The lowest BCUT2D eigenvalue weighted by atomic mass is 10.1. The van der Waals surface area contributed by atoms with Gasteiger partial charge in [-0.25, -0.2) is 0 Å². The first-order chi connectivity index (χ1) is 8.57. The van der Waals surface area contributed by atoms with E-state index in [4.69, 9.17) is 5.11 Å². The molecule has 0 aromatic carbocycles. The van der Waals surface area contributed by atoms with Crippen LogP contribution in [0, 0.1) is 0 Å². The molecule has 108 valence electrons. The minimum atomic E-state index is -0.218. The van der Waals surface area contributed by atoms with E-state index in [2.05, 4.69) is 6.92 Å². The van der Waals surface area contributed by atoms with Gasteiger partial charge < -0.3 is 10.0 Å². The Balaban J connectivity index is 3.45. The third kappa shape index (κ3) is 10.6. The highest BCUT2D eigenvalue weighted by Gasteiger charge is 2.07. The third-order valence-corrected chi connectivity index (χ3v) is 3.29. The van der Waals surface area contributed by atoms with Crippen LogP contribution in [-0.2, 0) is 4.79 Å². The van der Waals surface area contributed by atoms with Crippen LogP contribution in [0.2, 0.25) is 0 Å². The van der Waals surface area contributed by atoms with Crippen molar-refractivity contribution >= 4 is 5.91 Å². The number of carbonyl (C=O) groups is 1. The SMILES string of the molecule is CCCCCCCC(=O)N(C)CCCCC(C)O. The van der Waals surface area contributed by atoms with Crippen LogP contribution in [0.1, 0.15) is 71.6 Å². The Kier molecular flexibility index (Phi) is 11.2. The van der Waals surface area contributed by atoms with Crippen LogP contribution in [0.4, 0.5) is 0 Å². The molecule has 0 aliphatic carbocycles. The average Bonchev–Trinajstić information content (AvgIpc) is 2.33. The van der Waals surface area contributed by atoms with Crippen LogP contribution in [0.15, 0.2) is 0 Å². The van der Waals surface area contributed by atoms with E-state index in [1.807, 2.05) is 18.9 Å². The van der Waals surface area contributed by atoms with E-state index < -0.39 is 0 Å². The molecule has 0 bridgehead atoms. The lowest BCUT2D eigenvalue weighted by Gasteiger charge is -2.17. The van der Waals surface area contributed by atoms with Crippen molar-refractivity contribution in [1.82, 2.24) is 4.90 Å². The normalized spacial score (nSPS) is 12.4. The number of hydrogen-bond donors (Lipinski definition) is 1. The maximum atomic E-state index is 11.8. The Morgan fingerprint density at radius 2 is 1.78 bits per heavy atom. The second-order valence-corrected chi connectivity index (χ2v) is 5.32. The van der Waals surface area contributed by atoms with Crippen LogP contribution in [-0.4, -0.2) is 35.6 Å². The summed E-state index contributed by atoms with van der Waals surface area (Å²) in [6.07, 6.45) is 9.27. The summed E-state index contributed by atoms with van der Waals surface area (Å²) in [6, 6.07) is 0. The van der Waals surface area contributed by atoms with Crippen molar-refractivity contribution in [2.24, 2.45) is 0 Å². The van der Waals surface area contributed by atoms with E-state index in [0.29, 0.717) is 6.42 Å². The van der Waals surface area contributed by atoms with Gasteiger partial charge in [0.05, 0.1) is 6.10 Å². The van der Waals surface area contributed by atoms with Crippen molar-refractivity contribution in [2.75, 3.05) is 13.6 Å². The molecular formula is C15H31NO2. The standard InChI is InChI=1S/C15H31NO2/c1-4-5-6-7-8-12-15(18)16(3)13-10-9-11-14(2)17/h14,17H,4-13H2,1-3H3. The average molecular weight is 257 g/mol. The highest BCUT2D eigenvalue weighted by Crippen LogP contribution is 2.07. The summed E-state index contributed by atoms with van der Waals surface area (Å²) in [6.45, 7) is 4.83. The maximum absolute atomic E-state index is 11.8. The lowest BCUT2D eigenvalue weighted by molar-refractivity contribution is -0.130. The first-order valence-electron chi connectivity index (χ1n) is 7.50. The fourth-order valence-electron chi connectivity index (χ4n) is 1.98. The molecule has 0 saturated heterocycles. The molecule has 0 rings (SSSR count). The number of rotatable bonds is 11. The van der Waals surface area contributed by atoms with Crippen molar-refractivity contribution < 1.29 is 9.90 Å². The zero-order chi connectivity index (χ0) is 13.8. The van der Waals surface area contributed by atoms with Gasteiger partial charge in [-0.15, -0.1) is 0 Å². The van der Waals surface area contributed by atoms with Gasteiger partial charge in [0.15, 0.2) is 0 Å². The fraction of sp³-hybridized carbons (Fsp3) is 0.933. The van der Waals surface area contributed by atoms with Gasteiger partial charge in [-0.2, -0.15) is 0 Å². The molecule has 1 atom stereocenters. The molecule has 0 aromatic heterocycles. The number of unbranched alkanes of at least 4 members (excludes halogenated alkanes) is 5. The smallest absolute Gasteiger partial charge is 0.222 e. The zero-order valence-electron chi connectivity index (χ0n) is 12.5. The van der Waals surface area contributed by atoms with E-state index in [0.717, 1.165) is 32.2 Å². The monoisotopic (exact) mass is 257 g/mol. The molecule has 3 heteroatoms. The molecule has 3 nitrogen and oxygen atoms in total. The summed E-state index contributed by atoms with van der Waals surface area (Å²) in [5.41, 5.74) is 0. The molecule has 0 aromatic rings. The fourth-order valence-corrected chi connectivity index (χ4v) is 1.98. The van der Waals surface area contributed by atoms with Crippen LogP contribution in [0.5, 0.6) is 0 Å². The van der Waals surface area contributed by atoms with Crippen LogP contribution >= 0.6 is 0 Å². The molecule has 1 N–H and O–H groups in total. The summed E-state index contributed by atoms with van der Waals surface area (Å²) in [5.74, 6) is 0.267. The molecular weight excluding hydrogens is 226 g/mol. The highest BCUT2D eigenvalue weighted by atomic mass is 16.3. The van der Waals surface area contributed by atoms with Gasteiger partial charge >= 0.3 is 0 Å². The summed E-state index contributed by atoms with van der Waals surface area (Å²) in [4.78, 5) is 13.6. The minimum Gasteiger partial charge on any atom is -0.393 e. The van der Waals surface area contributed by atoms with E-state index in [-0.39, 0.29) is 12.0 Å². The van der Waals surface area contributed by atoms with Gasteiger partial charge in [0.25, 0.3) is 0 Å². The number of nitrogens with zero attached hydrogens (tertiary/aromatic N) is 1. The number of amides is 1. The summed E-state index contributed by atoms with van der Waals surface area (Å²) in [5, 5.41) is 9.13. The zero-order valence-corrected chi connectivity index (χ0v) is 12.5. The second-order valence-electron chi connectivity index (χ2n) is 5.32. The van der Waals surface area contributed by atoms with E-state index in [1.165, 1.54) is 25.7 Å². The summed E-state index contributed by atoms with van der Waals surface area (Å²) >= 11 is 0. The molecule has 0 saturated carbocycles. The number of aliphatic hydroxyl groups is 1. The largest absolute Gasteiger partial charge is 0.393 e.